The number of hydrogen-bond acceptors (Lipinski definition) is 1. The van der Waals surface area contributed by atoms with Gasteiger partial charge >= 0.3 is 0 Å². The standard InChI is InChI=1S/C15H23ClO/c1-5-8-17-15-10-12(3)14(9-13(15)4)11(2)6-7-16/h9-11H,5-8H2,1-4H3. The highest BCUT2D eigenvalue weighted by Crippen LogP contribution is 2.29. The smallest absolute Gasteiger partial charge is 0.122 e. The summed E-state index contributed by atoms with van der Waals surface area (Å²) >= 11 is 5.81. The first-order chi connectivity index (χ1) is 8.10. The van der Waals surface area contributed by atoms with Gasteiger partial charge in [-0.15, -0.1) is 11.6 Å². The second-order valence-corrected chi connectivity index (χ2v) is 5.08. The highest BCUT2D eigenvalue weighted by atomic mass is 35.5. The van der Waals surface area contributed by atoms with E-state index >= 15 is 0 Å². The van der Waals surface area contributed by atoms with Crippen LogP contribution in [0.5, 0.6) is 5.75 Å². The Morgan fingerprint density at radius 3 is 2.53 bits per heavy atom. The van der Waals surface area contributed by atoms with E-state index in [1.165, 1.54) is 16.7 Å². The number of benzene rings is 1. The molecule has 0 fully saturated rings. The third-order valence-electron chi connectivity index (χ3n) is 3.10. The number of ether oxygens (including phenoxy) is 1. The van der Waals surface area contributed by atoms with Crippen molar-refractivity contribution in [2.45, 2.75) is 46.5 Å². The lowest BCUT2D eigenvalue weighted by atomic mass is 9.92. The molecular formula is C15H23ClO. The summed E-state index contributed by atoms with van der Waals surface area (Å²) in [5, 5.41) is 0. The van der Waals surface area contributed by atoms with Crippen molar-refractivity contribution in [2.24, 2.45) is 0 Å². The van der Waals surface area contributed by atoms with Crippen LogP contribution in [0, 0.1) is 13.8 Å². The average Bonchev–Trinajstić information content (AvgIpc) is 2.30. The zero-order chi connectivity index (χ0) is 12.8. The molecule has 17 heavy (non-hydrogen) atoms. The number of alkyl halides is 1. The van der Waals surface area contributed by atoms with E-state index in [0.717, 1.165) is 25.2 Å². The van der Waals surface area contributed by atoms with Crippen LogP contribution >= 0.6 is 11.6 Å². The molecule has 1 unspecified atom stereocenters. The van der Waals surface area contributed by atoms with Gasteiger partial charge in [0.2, 0.25) is 0 Å². The van der Waals surface area contributed by atoms with Crippen LogP contribution in [-0.2, 0) is 0 Å². The Balaban J connectivity index is 2.92. The van der Waals surface area contributed by atoms with E-state index in [1.807, 2.05) is 0 Å². The predicted octanol–water partition coefficient (Wildman–Crippen LogP) is 4.82. The van der Waals surface area contributed by atoms with E-state index in [9.17, 15) is 0 Å². The Bertz CT molecular complexity index is 360. The van der Waals surface area contributed by atoms with E-state index in [-0.39, 0.29) is 0 Å². The zero-order valence-electron chi connectivity index (χ0n) is 11.3. The van der Waals surface area contributed by atoms with Gasteiger partial charge in [0, 0.05) is 5.88 Å². The quantitative estimate of drug-likeness (QED) is 0.661. The molecule has 0 heterocycles. The third kappa shape index (κ3) is 3.92. The maximum atomic E-state index is 5.81. The number of aryl methyl sites for hydroxylation is 2. The summed E-state index contributed by atoms with van der Waals surface area (Å²) in [5.41, 5.74) is 3.92. The molecule has 1 nitrogen and oxygen atoms in total. The first kappa shape index (κ1) is 14.4. The van der Waals surface area contributed by atoms with Crippen molar-refractivity contribution in [3.8, 4) is 5.75 Å². The molecule has 1 aromatic rings. The third-order valence-corrected chi connectivity index (χ3v) is 3.32. The molecule has 0 spiro atoms. The van der Waals surface area contributed by atoms with Crippen LogP contribution in [0.15, 0.2) is 12.1 Å². The molecule has 0 saturated carbocycles. The summed E-state index contributed by atoms with van der Waals surface area (Å²) < 4.78 is 5.74. The summed E-state index contributed by atoms with van der Waals surface area (Å²) in [4.78, 5) is 0. The van der Waals surface area contributed by atoms with E-state index in [1.54, 1.807) is 0 Å². The normalized spacial score (nSPS) is 12.5. The highest BCUT2D eigenvalue weighted by molar-refractivity contribution is 6.17. The molecule has 1 atom stereocenters. The number of rotatable bonds is 6. The molecule has 0 amide bonds. The molecule has 0 aliphatic rings. The summed E-state index contributed by atoms with van der Waals surface area (Å²) in [5.74, 6) is 2.26. The minimum atomic E-state index is 0.520. The van der Waals surface area contributed by atoms with Crippen LogP contribution in [0.3, 0.4) is 0 Å². The van der Waals surface area contributed by atoms with E-state index in [4.69, 9.17) is 16.3 Å². The fraction of sp³-hybridized carbons (Fsp3) is 0.600. The van der Waals surface area contributed by atoms with Crippen LogP contribution in [0.4, 0.5) is 0 Å². The minimum absolute atomic E-state index is 0.520. The maximum Gasteiger partial charge on any atom is 0.122 e. The van der Waals surface area contributed by atoms with Crippen molar-refractivity contribution < 1.29 is 4.74 Å². The Morgan fingerprint density at radius 1 is 1.24 bits per heavy atom. The molecule has 1 aromatic carbocycles. The molecule has 2 heteroatoms. The Morgan fingerprint density at radius 2 is 1.94 bits per heavy atom. The van der Waals surface area contributed by atoms with Gasteiger partial charge < -0.3 is 4.74 Å². The molecule has 0 radical (unpaired) electrons. The SMILES string of the molecule is CCCOc1cc(C)c(C(C)CCCl)cc1C. The second kappa shape index (κ2) is 6.90. The van der Waals surface area contributed by atoms with Gasteiger partial charge in [-0.05, 0) is 55.4 Å². The van der Waals surface area contributed by atoms with E-state index in [0.29, 0.717) is 11.8 Å². The number of halogens is 1. The molecule has 0 bridgehead atoms. The van der Waals surface area contributed by atoms with Crippen LogP contribution in [0.1, 0.15) is 49.3 Å². The molecule has 0 aromatic heterocycles. The number of hydrogen-bond donors (Lipinski definition) is 0. The van der Waals surface area contributed by atoms with E-state index < -0.39 is 0 Å². The monoisotopic (exact) mass is 254 g/mol. The zero-order valence-corrected chi connectivity index (χ0v) is 12.1. The highest BCUT2D eigenvalue weighted by Gasteiger charge is 2.11. The minimum Gasteiger partial charge on any atom is -0.493 e. The van der Waals surface area contributed by atoms with Crippen LogP contribution in [0.25, 0.3) is 0 Å². The summed E-state index contributed by atoms with van der Waals surface area (Å²) in [7, 11) is 0. The Kier molecular flexibility index (Phi) is 5.84. The van der Waals surface area contributed by atoms with Crippen LogP contribution in [0.2, 0.25) is 0 Å². The molecule has 96 valence electrons. The lowest BCUT2D eigenvalue weighted by molar-refractivity contribution is 0.315. The fourth-order valence-corrected chi connectivity index (χ4v) is 2.36. The van der Waals surface area contributed by atoms with Gasteiger partial charge in [0.1, 0.15) is 5.75 Å². The van der Waals surface area contributed by atoms with Crippen molar-refractivity contribution in [3.63, 3.8) is 0 Å². The van der Waals surface area contributed by atoms with Gasteiger partial charge in [-0.3, -0.25) is 0 Å². The average molecular weight is 255 g/mol. The first-order valence-electron chi connectivity index (χ1n) is 6.40. The van der Waals surface area contributed by atoms with Crippen molar-refractivity contribution in [2.75, 3.05) is 12.5 Å². The van der Waals surface area contributed by atoms with Crippen LogP contribution in [-0.4, -0.2) is 12.5 Å². The topological polar surface area (TPSA) is 9.23 Å². The molecule has 0 N–H and O–H groups in total. The van der Waals surface area contributed by atoms with Crippen molar-refractivity contribution in [1.29, 1.82) is 0 Å². The van der Waals surface area contributed by atoms with Gasteiger partial charge in [0.05, 0.1) is 6.61 Å². The molecule has 0 aliphatic carbocycles. The van der Waals surface area contributed by atoms with Crippen LogP contribution < -0.4 is 4.74 Å². The second-order valence-electron chi connectivity index (χ2n) is 4.70. The van der Waals surface area contributed by atoms with Crippen molar-refractivity contribution >= 4 is 11.6 Å². The summed E-state index contributed by atoms with van der Waals surface area (Å²) in [6, 6.07) is 4.41. The summed E-state index contributed by atoms with van der Waals surface area (Å²) in [6.07, 6.45) is 2.07. The summed E-state index contributed by atoms with van der Waals surface area (Å²) in [6.45, 7) is 9.41. The lowest BCUT2D eigenvalue weighted by Crippen LogP contribution is -2.02. The Labute approximate surface area is 110 Å². The van der Waals surface area contributed by atoms with Gasteiger partial charge in [0.15, 0.2) is 0 Å². The van der Waals surface area contributed by atoms with Crippen molar-refractivity contribution in [3.05, 3.63) is 28.8 Å². The van der Waals surface area contributed by atoms with Crippen molar-refractivity contribution in [1.82, 2.24) is 0 Å². The first-order valence-corrected chi connectivity index (χ1v) is 6.93. The fourth-order valence-electron chi connectivity index (χ4n) is 2.03. The van der Waals surface area contributed by atoms with Gasteiger partial charge in [-0.1, -0.05) is 19.9 Å². The largest absolute Gasteiger partial charge is 0.493 e. The van der Waals surface area contributed by atoms with E-state index in [2.05, 4.69) is 39.8 Å². The van der Waals surface area contributed by atoms with Gasteiger partial charge in [-0.25, -0.2) is 0 Å². The molecule has 0 saturated heterocycles. The molecular weight excluding hydrogens is 232 g/mol. The Hall–Kier alpha value is -0.690. The lowest BCUT2D eigenvalue weighted by Gasteiger charge is -2.17. The maximum absolute atomic E-state index is 5.81. The molecule has 0 aliphatic heterocycles. The predicted molar refractivity (Wildman–Crippen MR) is 75.5 cm³/mol. The van der Waals surface area contributed by atoms with Gasteiger partial charge in [-0.2, -0.15) is 0 Å². The van der Waals surface area contributed by atoms with Gasteiger partial charge in [0.25, 0.3) is 0 Å². The molecule has 1 rings (SSSR count).